The molecule has 0 aromatic rings. The van der Waals surface area contributed by atoms with Crippen LogP contribution in [0.5, 0.6) is 0 Å². The van der Waals surface area contributed by atoms with E-state index in [9.17, 15) is 10.2 Å². The Hall–Kier alpha value is -1.96. The van der Waals surface area contributed by atoms with Crippen LogP contribution in [-0.4, -0.2) is 10.2 Å². The van der Waals surface area contributed by atoms with E-state index in [1.54, 1.807) is 6.08 Å². The van der Waals surface area contributed by atoms with E-state index < -0.39 is 0 Å². The maximum absolute atomic E-state index is 11.0. The lowest BCUT2D eigenvalue weighted by Crippen LogP contribution is -2.37. The van der Waals surface area contributed by atoms with Gasteiger partial charge >= 0.3 is 0 Å². The number of aliphatic hydroxyl groups excluding tert-OH is 2. The van der Waals surface area contributed by atoms with Gasteiger partial charge in [0.1, 0.15) is 11.5 Å². The van der Waals surface area contributed by atoms with Gasteiger partial charge in [0.15, 0.2) is 0 Å². The highest BCUT2D eigenvalue weighted by molar-refractivity contribution is 5.38. The van der Waals surface area contributed by atoms with E-state index in [2.05, 4.69) is 59.9 Å². The highest BCUT2D eigenvalue weighted by Gasteiger charge is 2.43. The van der Waals surface area contributed by atoms with Crippen LogP contribution >= 0.6 is 0 Å². The molecule has 29 heavy (non-hydrogen) atoms. The molecule has 0 aliphatic heterocycles. The summed E-state index contributed by atoms with van der Waals surface area (Å²) >= 11 is 0. The molecule has 6 atom stereocenters. The Morgan fingerprint density at radius 3 is 2.07 bits per heavy atom. The molecule has 0 spiro atoms. The van der Waals surface area contributed by atoms with Crippen LogP contribution in [0.15, 0.2) is 70.8 Å². The summed E-state index contributed by atoms with van der Waals surface area (Å²) in [6.07, 6.45) is 10.6. The summed E-state index contributed by atoms with van der Waals surface area (Å²) in [5.74, 6) is 1.66. The topological polar surface area (TPSA) is 40.5 Å². The molecule has 0 amide bonds. The van der Waals surface area contributed by atoms with E-state index in [-0.39, 0.29) is 29.4 Å². The van der Waals surface area contributed by atoms with Crippen LogP contribution in [0.3, 0.4) is 0 Å². The molecular formula is C27H38O2. The third-order valence-corrected chi connectivity index (χ3v) is 7.53. The molecule has 3 aliphatic rings. The minimum Gasteiger partial charge on any atom is -0.512 e. The maximum atomic E-state index is 11.0. The van der Waals surface area contributed by atoms with Crippen LogP contribution < -0.4 is 0 Å². The molecule has 3 aliphatic carbocycles. The second-order valence-corrected chi connectivity index (χ2v) is 9.84. The summed E-state index contributed by atoms with van der Waals surface area (Å²) in [7, 11) is 0. The van der Waals surface area contributed by atoms with Crippen molar-refractivity contribution < 1.29 is 10.2 Å². The van der Waals surface area contributed by atoms with Gasteiger partial charge in [-0.1, -0.05) is 54.5 Å². The highest BCUT2D eigenvalue weighted by atomic mass is 16.3. The molecule has 158 valence electrons. The second kappa shape index (κ2) is 8.42. The third kappa shape index (κ3) is 4.17. The van der Waals surface area contributed by atoms with E-state index in [1.165, 1.54) is 22.3 Å². The quantitative estimate of drug-likeness (QED) is 0.482. The molecule has 0 fully saturated rings. The molecule has 0 radical (unpaired) electrons. The number of aliphatic hydroxyl groups is 2. The number of hydrogen-bond acceptors (Lipinski definition) is 2. The van der Waals surface area contributed by atoms with E-state index in [0.29, 0.717) is 17.6 Å². The lowest BCUT2D eigenvalue weighted by molar-refractivity contribution is 0.176. The lowest BCUT2D eigenvalue weighted by atomic mass is 9.61. The monoisotopic (exact) mass is 394 g/mol. The number of allylic oxidation sites excluding steroid dienone is 9. The van der Waals surface area contributed by atoms with Gasteiger partial charge in [0, 0.05) is 17.9 Å². The summed E-state index contributed by atoms with van der Waals surface area (Å²) in [6, 6.07) is 0. The van der Waals surface area contributed by atoms with Crippen LogP contribution in [0.1, 0.15) is 60.3 Å². The van der Waals surface area contributed by atoms with Gasteiger partial charge in [-0.2, -0.15) is 0 Å². The zero-order valence-electron chi connectivity index (χ0n) is 18.8. The highest BCUT2D eigenvalue weighted by Crippen LogP contribution is 2.50. The Labute approximate surface area is 177 Å². The zero-order valence-corrected chi connectivity index (χ0v) is 18.8. The fourth-order valence-corrected chi connectivity index (χ4v) is 5.97. The van der Waals surface area contributed by atoms with Gasteiger partial charge in [-0.25, -0.2) is 0 Å². The van der Waals surface area contributed by atoms with Crippen molar-refractivity contribution in [2.75, 3.05) is 0 Å². The summed E-state index contributed by atoms with van der Waals surface area (Å²) in [5, 5.41) is 21.9. The summed E-state index contributed by atoms with van der Waals surface area (Å²) in [4.78, 5) is 0. The van der Waals surface area contributed by atoms with Crippen LogP contribution in [0, 0.1) is 35.5 Å². The first-order valence-electron chi connectivity index (χ1n) is 11.1. The summed E-state index contributed by atoms with van der Waals surface area (Å²) in [5.41, 5.74) is 6.20. The van der Waals surface area contributed by atoms with Gasteiger partial charge < -0.3 is 10.2 Å². The van der Waals surface area contributed by atoms with Crippen molar-refractivity contribution in [1.29, 1.82) is 0 Å². The van der Waals surface area contributed by atoms with Gasteiger partial charge in [-0.3, -0.25) is 0 Å². The molecule has 0 saturated carbocycles. The van der Waals surface area contributed by atoms with Crippen molar-refractivity contribution in [2.45, 2.75) is 60.3 Å². The first-order chi connectivity index (χ1) is 13.6. The van der Waals surface area contributed by atoms with Gasteiger partial charge in [0.05, 0.1) is 0 Å². The average Bonchev–Trinajstić information content (AvgIpc) is 2.61. The largest absolute Gasteiger partial charge is 0.512 e. The molecule has 2 heteroatoms. The minimum atomic E-state index is -0.0285. The molecule has 0 aromatic heterocycles. The fourth-order valence-electron chi connectivity index (χ4n) is 5.97. The maximum Gasteiger partial charge on any atom is 0.119 e. The number of hydrogen-bond donors (Lipinski definition) is 2. The second-order valence-electron chi connectivity index (χ2n) is 9.84. The average molecular weight is 395 g/mol. The summed E-state index contributed by atoms with van der Waals surface area (Å²) < 4.78 is 0. The predicted molar refractivity (Wildman–Crippen MR) is 123 cm³/mol. The summed E-state index contributed by atoms with van der Waals surface area (Å²) in [6.45, 7) is 19.3. The van der Waals surface area contributed by atoms with Crippen LogP contribution in [0.2, 0.25) is 0 Å². The first kappa shape index (κ1) is 21.7. The molecule has 0 saturated heterocycles. The lowest BCUT2D eigenvalue weighted by Gasteiger charge is -2.43. The Balaban J connectivity index is 2.05. The Bertz CT molecular complexity index is 819. The van der Waals surface area contributed by atoms with Crippen LogP contribution in [0.25, 0.3) is 0 Å². The van der Waals surface area contributed by atoms with E-state index >= 15 is 0 Å². The number of rotatable bonds is 4. The third-order valence-electron chi connectivity index (χ3n) is 7.53. The van der Waals surface area contributed by atoms with Crippen molar-refractivity contribution in [3.8, 4) is 0 Å². The Morgan fingerprint density at radius 2 is 1.48 bits per heavy atom. The molecule has 0 heterocycles. The smallest absolute Gasteiger partial charge is 0.119 e. The Morgan fingerprint density at radius 1 is 0.931 bits per heavy atom. The molecule has 0 aromatic carbocycles. The van der Waals surface area contributed by atoms with Crippen molar-refractivity contribution in [3.05, 3.63) is 70.8 Å². The van der Waals surface area contributed by atoms with Crippen molar-refractivity contribution in [3.63, 3.8) is 0 Å². The molecule has 2 unspecified atom stereocenters. The van der Waals surface area contributed by atoms with E-state index in [0.717, 1.165) is 31.3 Å². The van der Waals surface area contributed by atoms with Gasteiger partial charge in [-0.05, 0) is 82.6 Å². The van der Waals surface area contributed by atoms with Crippen LogP contribution in [0.4, 0.5) is 0 Å². The molecule has 3 rings (SSSR count). The normalized spacial score (nSPS) is 35.6. The zero-order chi connectivity index (χ0) is 21.5. The first-order valence-corrected chi connectivity index (χ1v) is 11.1. The molecule has 2 nitrogen and oxygen atoms in total. The van der Waals surface area contributed by atoms with Gasteiger partial charge in [0.25, 0.3) is 0 Å². The minimum absolute atomic E-state index is 0.0285. The van der Waals surface area contributed by atoms with E-state index in [4.69, 9.17) is 0 Å². The standard InChI is InChI=1S/C27H38O2/c1-15(2)20-10-8-17(5)12-22(20)26-19(7)27(25(29)14-24(26)28)23-13-18(6)9-11-21(23)16(3)4/h12-14,19-23,26,28-29H,1,3,8-11H2,2,4-7H3/t19?,20-,21-,22+,23+,26?/m0/s1. The molecule has 0 bridgehead atoms. The molecular weight excluding hydrogens is 356 g/mol. The van der Waals surface area contributed by atoms with E-state index in [1.807, 2.05) is 0 Å². The van der Waals surface area contributed by atoms with Crippen LogP contribution in [-0.2, 0) is 0 Å². The van der Waals surface area contributed by atoms with Crippen molar-refractivity contribution in [2.24, 2.45) is 35.5 Å². The Kier molecular flexibility index (Phi) is 6.31. The van der Waals surface area contributed by atoms with Gasteiger partial charge in [0.2, 0.25) is 0 Å². The predicted octanol–water partition coefficient (Wildman–Crippen LogP) is 7.60. The van der Waals surface area contributed by atoms with Gasteiger partial charge in [-0.15, -0.1) is 0 Å². The van der Waals surface area contributed by atoms with Crippen molar-refractivity contribution in [1.82, 2.24) is 0 Å². The molecule has 2 N–H and O–H groups in total. The fraction of sp³-hybridized carbons (Fsp3) is 0.556. The SMILES string of the molecule is C=C(C)[C@@H]1CCC(C)=C[C@H]1C1=C(O)C=C(O)C([C@@H]2C=C(C)CC[C@H]2C(=C)C)C1C. The van der Waals surface area contributed by atoms with Crippen molar-refractivity contribution >= 4 is 0 Å².